The molecular weight excluding hydrogens is 228 g/mol. The molecule has 0 amide bonds. The number of ether oxygens (including phenoxy) is 1. The summed E-state index contributed by atoms with van der Waals surface area (Å²) in [5.41, 5.74) is 0. The van der Waals surface area contributed by atoms with Gasteiger partial charge in [0, 0.05) is 12.8 Å². The van der Waals surface area contributed by atoms with Crippen LogP contribution in [0.5, 0.6) is 0 Å². The largest absolute Gasteiger partial charge is 0.462 e. The highest BCUT2D eigenvalue weighted by molar-refractivity contribution is 6.63. The third-order valence-electron chi connectivity index (χ3n) is 2.43. The lowest BCUT2D eigenvalue weighted by atomic mass is 10.1. The van der Waals surface area contributed by atoms with Crippen molar-refractivity contribution in [3.63, 3.8) is 0 Å². The minimum atomic E-state index is -0.345. The first-order chi connectivity index (χ1) is 7.47. The third-order valence-corrected chi connectivity index (χ3v) is 2.62. The molecule has 0 aromatic carbocycles. The molecular formula is C12H21ClO3. The number of hydrogen-bond donors (Lipinski definition) is 0. The molecule has 1 unspecified atom stereocenters. The summed E-state index contributed by atoms with van der Waals surface area (Å²) in [6.07, 6.45) is 2.84. The van der Waals surface area contributed by atoms with E-state index in [2.05, 4.69) is 0 Å². The van der Waals surface area contributed by atoms with Crippen molar-refractivity contribution in [1.29, 1.82) is 0 Å². The Morgan fingerprint density at radius 3 is 2.19 bits per heavy atom. The minimum absolute atomic E-state index is 0.00200. The molecule has 0 rings (SSSR count). The predicted molar refractivity (Wildman–Crippen MR) is 64.3 cm³/mol. The summed E-state index contributed by atoms with van der Waals surface area (Å²) in [6, 6.07) is 0. The first-order valence-corrected chi connectivity index (χ1v) is 6.23. The molecule has 0 spiro atoms. The van der Waals surface area contributed by atoms with Crippen LogP contribution in [0.15, 0.2) is 0 Å². The van der Waals surface area contributed by atoms with Crippen LogP contribution in [0.3, 0.4) is 0 Å². The van der Waals surface area contributed by atoms with Crippen molar-refractivity contribution < 1.29 is 14.3 Å². The molecule has 0 radical (unpaired) electrons. The van der Waals surface area contributed by atoms with E-state index in [0.29, 0.717) is 31.6 Å². The van der Waals surface area contributed by atoms with Gasteiger partial charge in [0.2, 0.25) is 5.24 Å². The average Bonchev–Trinajstić information content (AvgIpc) is 2.20. The van der Waals surface area contributed by atoms with Crippen LogP contribution in [0.2, 0.25) is 0 Å². The second-order valence-electron chi connectivity index (χ2n) is 4.24. The fraction of sp³-hybridized carbons (Fsp3) is 0.833. The van der Waals surface area contributed by atoms with Crippen molar-refractivity contribution in [3.05, 3.63) is 0 Å². The first kappa shape index (κ1) is 15.4. The van der Waals surface area contributed by atoms with E-state index < -0.39 is 0 Å². The maximum absolute atomic E-state index is 11.4. The number of carbonyl (C=O) groups excluding carboxylic acids is 2. The summed E-state index contributed by atoms with van der Waals surface area (Å²) in [4.78, 5) is 21.9. The van der Waals surface area contributed by atoms with Gasteiger partial charge in [0.25, 0.3) is 0 Å². The number of esters is 1. The third kappa shape index (κ3) is 7.69. The van der Waals surface area contributed by atoms with Gasteiger partial charge in [-0.25, -0.2) is 0 Å². The zero-order valence-corrected chi connectivity index (χ0v) is 11.0. The van der Waals surface area contributed by atoms with Crippen LogP contribution in [0, 0.1) is 5.92 Å². The molecule has 16 heavy (non-hydrogen) atoms. The van der Waals surface area contributed by atoms with Crippen molar-refractivity contribution in [2.45, 2.75) is 59.0 Å². The average molecular weight is 249 g/mol. The molecule has 0 saturated heterocycles. The SMILES string of the molecule is CCC(OC(=O)CCCCC(=O)Cl)C(C)C. The Balaban J connectivity index is 3.68. The summed E-state index contributed by atoms with van der Waals surface area (Å²) >= 11 is 5.19. The van der Waals surface area contributed by atoms with Gasteiger partial charge in [-0.2, -0.15) is 0 Å². The fourth-order valence-corrected chi connectivity index (χ4v) is 1.59. The van der Waals surface area contributed by atoms with Gasteiger partial charge in [-0.15, -0.1) is 0 Å². The molecule has 0 aromatic rings. The molecule has 0 aliphatic rings. The van der Waals surface area contributed by atoms with Gasteiger partial charge in [0.05, 0.1) is 0 Å². The van der Waals surface area contributed by atoms with Gasteiger partial charge in [-0.3, -0.25) is 9.59 Å². The van der Waals surface area contributed by atoms with Gasteiger partial charge in [0.1, 0.15) is 6.10 Å². The molecule has 0 bridgehead atoms. The van der Waals surface area contributed by atoms with Gasteiger partial charge in [0.15, 0.2) is 0 Å². The van der Waals surface area contributed by atoms with Crippen LogP contribution in [0.4, 0.5) is 0 Å². The molecule has 0 fully saturated rings. The van der Waals surface area contributed by atoms with Crippen LogP contribution in [0.25, 0.3) is 0 Å². The number of unbranched alkanes of at least 4 members (excludes halogenated alkanes) is 1. The highest BCUT2D eigenvalue weighted by Gasteiger charge is 2.15. The number of hydrogen-bond acceptors (Lipinski definition) is 3. The Morgan fingerprint density at radius 2 is 1.75 bits per heavy atom. The highest BCUT2D eigenvalue weighted by atomic mass is 35.5. The zero-order chi connectivity index (χ0) is 12.6. The predicted octanol–water partition coefficient (Wildman–Crippen LogP) is 3.29. The molecule has 94 valence electrons. The van der Waals surface area contributed by atoms with E-state index in [1.165, 1.54) is 0 Å². The van der Waals surface area contributed by atoms with E-state index in [1.807, 2.05) is 20.8 Å². The van der Waals surface area contributed by atoms with E-state index in [9.17, 15) is 9.59 Å². The molecule has 0 heterocycles. The molecule has 0 aliphatic carbocycles. The number of carbonyl (C=O) groups is 2. The fourth-order valence-electron chi connectivity index (χ4n) is 1.45. The van der Waals surface area contributed by atoms with Gasteiger partial charge >= 0.3 is 5.97 Å². The quantitative estimate of drug-likeness (QED) is 0.376. The second kappa shape index (κ2) is 8.57. The van der Waals surface area contributed by atoms with Crippen LogP contribution >= 0.6 is 11.6 Å². The van der Waals surface area contributed by atoms with Gasteiger partial charge < -0.3 is 4.74 Å². The highest BCUT2D eigenvalue weighted by Crippen LogP contribution is 2.12. The molecule has 0 aliphatic heterocycles. The van der Waals surface area contributed by atoms with Crippen LogP contribution < -0.4 is 0 Å². The summed E-state index contributed by atoms with van der Waals surface area (Å²) in [5.74, 6) is 0.168. The lowest BCUT2D eigenvalue weighted by molar-refractivity contribution is -0.151. The van der Waals surface area contributed by atoms with Crippen molar-refractivity contribution in [2.24, 2.45) is 5.92 Å². The van der Waals surface area contributed by atoms with Crippen molar-refractivity contribution in [2.75, 3.05) is 0 Å². The smallest absolute Gasteiger partial charge is 0.306 e. The Morgan fingerprint density at radius 1 is 1.19 bits per heavy atom. The van der Waals surface area contributed by atoms with Crippen molar-refractivity contribution >= 4 is 22.8 Å². The lowest BCUT2D eigenvalue weighted by Gasteiger charge is -2.19. The zero-order valence-electron chi connectivity index (χ0n) is 10.3. The van der Waals surface area contributed by atoms with E-state index >= 15 is 0 Å². The van der Waals surface area contributed by atoms with Crippen LogP contribution in [-0.4, -0.2) is 17.3 Å². The van der Waals surface area contributed by atoms with Crippen molar-refractivity contribution in [3.8, 4) is 0 Å². The second-order valence-corrected chi connectivity index (χ2v) is 4.66. The molecule has 4 heteroatoms. The van der Waals surface area contributed by atoms with E-state index in [0.717, 1.165) is 6.42 Å². The van der Waals surface area contributed by atoms with E-state index in [-0.39, 0.29) is 17.3 Å². The Kier molecular flexibility index (Phi) is 8.26. The van der Waals surface area contributed by atoms with E-state index in [1.54, 1.807) is 0 Å². The van der Waals surface area contributed by atoms with Gasteiger partial charge in [-0.1, -0.05) is 20.8 Å². The monoisotopic (exact) mass is 248 g/mol. The number of halogens is 1. The molecule has 0 saturated carbocycles. The normalized spacial score (nSPS) is 12.6. The summed E-state index contributed by atoms with van der Waals surface area (Å²) in [6.45, 7) is 6.07. The van der Waals surface area contributed by atoms with Gasteiger partial charge in [-0.05, 0) is 36.8 Å². The molecule has 0 aromatic heterocycles. The molecule has 3 nitrogen and oxygen atoms in total. The maximum atomic E-state index is 11.4. The standard InChI is InChI=1S/C12H21ClO3/c1-4-10(9(2)3)16-12(15)8-6-5-7-11(13)14/h9-10H,4-8H2,1-3H3. The number of rotatable bonds is 8. The van der Waals surface area contributed by atoms with E-state index in [4.69, 9.17) is 16.3 Å². The first-order valence-electron chi connectivity index (χ1n) is 5.85. The summed E-state index contributed by atoms with van der Waals surface area (Å²) in [7, 11) is 0. The van der Waals surface area contributed by atoms with Crippen LogP contribution in [-0.2, 0) is 14.3 Å². The molecule has 1 atom stereocenters. The topological polar surface area (TPSA) is 43.4 Å². The Labute approximate surface area is 102 Å². The molecule has 0 N–H and O–H groups in total. The summed E-state index contributed by atoms with van der Waals surface area (Å²) in [5, 5.41) is -0.345. The lowest BCUT2D eigenvalue weighted by Crippen LogP contribution is -2.22. The maximum Gasteiger partial charge on any atom is 0.306 e. The Hall–Kier alpha value is -0.570. The van der Waals surface area contributed by atoms with Crippen LogP contribution in [0.1, 0.15) is 52.9 Å². The van der Waals surface area contributed by atoms with Crippen molar-refractivity contribution in [1.82, 2.24) is 0 Å². The minimum Gasteiger partial charge on any atom is -0.462 e. The Bertz CT molecular complexity index is 226. The summed E-state index contributed by atoms with van der Waals surface area (Å²) < 4.78 is 5.31.